The van der Waals surface area contributed by atoms with Crippen LogP contribution in [0.25, 0.3) is 0 Å². The van der Waals surface area contributed by atoms with Gasteiger partial charge in [0, 0.05) is 11.4 Å². The van der Waals surface area contributed by atoms with E-state index in [1.165, 1.54) is 32.1 Å². The molecule has 1 N–H and O–H groups in total. The van der Waals surface area contributed by atoms with Crippen LogP contribution in [0, 0.1) is 5.92 Å². The second-order valence-corrected chi connectivity index (χ2v) is 5.92. The van der Waals surface area contributed by atoms with Gasteiger partial charge in [0.05, 0.1) is 0 Å². The monoisotopic (exact) mass is 288 g/mol. The van der Waals surface area contributed by atoms with Crippen molar-refractivity contribution in [3.8, 4) is 0 Å². The number of aromatic nitrogens is 1. The van der Waals surface area contributed by atoms with Gasteiger partial charge in [-0.2, -0.15) is 0 Å². The van der Waals surface area contributed by atoms with Crippen LogP contribution in [0.3, 0.4) is 0 Å². The Hall–Kier alpha value is -0.0900. The van der Waals surface area contributed by atoms with Crippen molar-refractivity contribution in [1.29, 1.82) is 0 Å². The van der Waals surface area contributed by atoms with Crippen LogP contribution in [0.1, 0.15) is 39.0 Å². The van der Waals surface area contributed by atoms with Gasteiger partial charge in [-0.1, -0.05) is 13.3 Å². The molecular formula is C11H17BrN2S. The van der Waals surface area contributed by atoms with Crippen LogP contribution in [0.15, 0.2) is 9.98 Å². The number of anilines is 1. The number of hydrogen-bond acceptors (Lipinski definition) is 3. The highest BCUT2D eigenvalue weighted by Gasteiger charge is 2.20. The lowest BCUT2D eigenvalue weighted by molar-refractivity contribution is 0.330. The SMILES string of the molecule is CCC1CCC(Nc2nc(Br)cs2)CC1. The van der Waals surface area contributed by atoms with Crippen molar-refractivity contribution in [1.82, 2.24) is 4.98 Å². The van der Waals surface area contributed by atoms with E-state index < -0.39 is 0 Å². The van der Waals surface area contributed by atoms with E-state index in [0.29, 0.717) is 6.04 Å². The van der Waals surface area contributed by atoms with E-state index in [0.717, 1.165) is 15.7 Å². The second-order valence-electron chi connectivity index (χ2n) is 4.25. The number of halogens is 1. The maximum atomic E-state index is 4.37. The minimum atomic E-state index is 0.644. The molecule has 2 rings (SSSR count). The minimum Gasteiger partial charge on any atom is -0.359 e. The quantitative estimate of drug-likeness (QED) is 0.898. The van der Waals surface area contributed by atoms with Crippen molar-refractivity contribution in [3.63, 3.8) is 0 Å². The average Bonchev–Trinajstić information content (AvgIpc) is 2.65. The van der Waals surface area contributed by atoms with Gasteiger partial charge in [-0.3, -0.25) is 0 Å². The number of nitrogens with zero attached hydrogens (tertiary/aromatic N) is 1. The molecule has 15 heavy (non-hydrogen) atoms. The summed E-state index contributed by atoms with van der Waals surface area (Å²) in [7, 11) is 0. The van der Waals surface area contributed by atoms with Crippen molar-refractivity contribution in [2.75, 3.05) is 5.32 Å². The summed E-state index contributed by atoms with van der Waals surface area (Å²) < 4.78 is 0.942. The van der Waals surface area contributed by atoms with E-state index in [2.05, 4.69) is 33.2 Å². The van der Waals surface area contributed by atoms with Gasteiger partial charge in [0.1, 0.15) is 4.60 Å². The van der Waals surface area contributed by atoms with Gasteiger partial charge >= 0.3 is 0 Å². The zero-order valence-electron chi connectivity index (χ0n) is 9.00. The first-order valence-corrected chi connectivity index (χ1v) is 7.32. The predicted octanol–water partition coefficient (Wildman–Crippen LogP) is 4.29. The van der Waals surface area contributed by atoms with Gasteiger partial charge in [0.15, 0.2) is 5.13 Å². The van der Waals surface area contributed by atoms with Gasteiger partial charge in [-0.05, 0) is 47.5 Å². The van der Waals surface area contributed by atoms with Gasteiger partial charge in [0.2, 0.25) is 0 Å². The molecule has 84 valence electrons. The molecule has 1 aliphatic rings. The van der Waals surface area contributed by atoms with E-state index in [-0.39, 0.29) is 0 Å². The Morgan fingerprint density at radius 2 is 2.20 bits per heavy atom. The lowest BCUT2D eigenvalue weighted by atomic mass is 9.85. The third-order valence-electron chi connectivity index (χ3n) is 3.23. The van der Waals surface area contributed by atoms with Crippen molar-refractivity contribution in [2.24, 2.45) is 5.92 Å². The molecule has 1 aromatic heterocycles. The summed E-state index contributed by atoms with van der Waals surface area (Å²) in [6.45, 7) is 2.30. The van der Waals surface area contributed by atoms with Crippen LogP contribution >= 0.6 is 27.3 Å². The summed E-state index contributed by atoms with van der Waals surface area (Å²) in [6.07, 6.45) is 6.70. The lowest BCUT2D eigenvalue weighted by Gasteiger charge is -2.28. The lowest BCUT2D eigenvalue weighted by Crippen LogP contribution is -2.25. The van der Waals surface area contributed by atoms with Gasteiger partial charge < -0.3 is 5.32 Å². The van der Waals surface area contributed by atoms with Crippen molar-refractivity contribution >= 4 is 32.4 Å². The molecule has 1 fully saturated rings. The molecule has 0 bridgehead atoms. The highest BCUT2D eigenvalue weighted by molar-refractivity contribution is 9.10. The third kappa shape index (κ3) is 3.18. The topological polar surface area (TPSA) is 24.9 Å². The smallest absolute Gasteiger partial charge is 0.183 e. The Labute approximate surface area is 104 Å². The maximum absolute atomic E-state index is 4.37. The molecule has 4 heteroatoms. The number of nitrogens with one attached hydrogen (secondary N) is 1. The molecule has 0 radical (unpaired) electrons. The maximum Gasteiger partial charge on any atom is 0.183 e. The fourth-order valence-corrected chi connectivity index (χ4v) is 3.43. The zero-order valence-corrected chi connectivity index (χ0v) is 11.4. The standard InChI is InChI=1S/C11H17BrN2S/c1-2-8-3-5-9(6-4-8)13-11-14-10(12)7-15-11/h7-9H,2-6H2,1H3,(H,13,14). The molecular weight excluding hydrogens is 272 g/mol. The van der Waals surface area contributed by atoms with Crippen LogP contribution in [0.4, 0.5) is 5.13 Å². The van der Waals surface area contributed by atoms with Gasteiger partial charge in [-0.15, -0.1) is 11.3 Å². The molecule has 0 spiro atoms. The Kier molecular flexibility index (Phi) is 4.03. The summed E-state index contributed by atoms with van der Waals surface area (Å²) in [5.74, 6) is 0.964. The van der Waals surface area contributed by atoms with Crippen LogP contribution in [-0.2, 0) is 0 Å². The summed E-state index contributed by atoms with van der Waals surface area (Å²) in [4.78, 5) is 4.37. The highest BCUT2D eigenvalue weighted by Crippen LogP contribution is 2.29. The molecule has 1 aliphatic carbocycles. The normalized spacial score (nSPS) is 26.5. The fraction of sp³-hybridized carbons (Fsp3) is 0.727. The van der Waals surface area contributed by atoms with Crippen LogP contribution < -0.4 is 5.32 Å². The number of rotatable bonds is 3. The molecule has 0 aliphatic heterocycles. The van der Waals surface area contributed by atoms with E-state index in [1.807, 2.05) is 5.38 Å². The first kappa shape index (κ1) is 11.4. The van der Waals surface area contributed by atoms with Crippen LogP contribution in [0.5, 0.6) is 0 Å². The van der Waals surface area contributed by atoms with Gasteiger partial charge in [-0.25, -0.2) is 4.98 Å². The summed E-state index contributed by atoms with van der Waals surface area (Å²) >= 11 is 5.06. The molecule has 0 saturated heterocycles. The van der Waals surface area contributed by atoms with E-state index >= 15 is 0 Å². The summed E-state index contributed by atoms with van der Waals surface area (Å²) in [6, 6.07) is 0.644. The first-order chi connectivity index (χ1) is 7.28. The van der Waals surface area contributed by atoms with Crippen molar-refractivity contribution in [2.45, 2.75) is 45.1 Å². The van der Waals surface area contributed by atoms with Crippen LogP contribution in [0.2, 0.25) is 0 Å². The molecule has 2 nitrogen and oxygen atoms in total. The zero-order chi connectivity index (χ0) is 10.7. The molecule has 1 heterocycles. The molecule has 0 unspecified atom stereocenters. The average molecular weight is 289 g/mol. The first-order valence-electron chi connectivity index (χ1n) is 5.65. The van der Waals surface area contributed by atoms with Gasteiger partial charge in [0.25, 0.3) is 0 Å². The van der Waals surface area contributed by atoms with E-state index in [1.54, 1.807) is 11.3 Å². The Bertz CT molecular complexity index is 305. The minimum absolute atomic E-state index is 0.644. The largest absolute Gasteiger partial charge is 0.359 e. The van der Waals surface area contributed by atoms with E-state index in [4.69, 9.17) is 0 Å². The summed E-state index contributed by atoms with van der Waals surface area (Å²) in [5.41, 5.74) is 0. The Balaban J connectivity index is 1.82. The third-order valence-corrected chi connectivity index (χ3v) is 4.71. The van der Waals surface area contributed by atoms with E-state index in [9.17, 15) is 0 Å². The fourth-order valence-electron chi connectivity index (χ4n) is 2.21. The second kappa shape index (κ2) is 5.30. The van der Waals surface area contributed by atoms with Crippen LogP contribution in [-0.4, -0.2) is 11.0 Å². The van der Waals surface area contributed by atoms with Crippen molar-refractivity contribution in [3.05, 3.63) is 9.98 Å². The molecule has 1 saturated carbocycles. The molecule has 1 aromatic rings. The number of thiazole rings is 1. The Morgan fingerprint density at radius 3 is 2.73 bits per heavy atom. The number of hydrogen-bond donors (Lipinski definition) is 1. The molecule has 0 atom stereocenters. The predicted molar refractivity (Wildman–Crippen MR) is 69.5 cm³/mol. The highest BCUT2D eigenvalue weighted by atomic mass is 79.9. The summed E-state index contributed by atoms with van der Waals surface area (Å²) in [5, 5.41) is 6.61. The molecule has 0 amide bonds. The van der Waals surface area contributed by atoms with Crippen molar-refractivity contribution < 1.29 is 0 Å². The Morgan fingerprint density at radius 1 is 1.47 bits per heavy atom. The molecule has 0 aromatic carbocycles.